The molecule has 2 N–H and O–H groups in total. The van der Waals surface area contributed by atoms with Gasteiger partial charge in [-0.2, -0.15) is 0 Å². The molecule has 0 saturated carbocycles. The number of carbonyl (C=O) groups is 2. The molecule has 0 aliphatic rings. The van der Waals surface area contributed by atoms with Crippen LogP contribution in [0, 0.1) is 6.92 Å². The van der Waals surface area contributed by atoms with Gasteiger partial charge in [0.15, 0.2) is 0 Å². The number of aromatic nitrogens is 1. The first kappa shape index (κ1) is 19.1. The summed E-state index contributed by atoms with van der Waals surface area (Å²) in [6.45, 7) is 3.92. The molecule has 0 bridgehead atoms. The largest absolute Gasteiger partial charge is 0.481 e. The molecule has 7 heteroatoms. The molecule has 2 aromatic rings. The Labute approximate surface area is 150 Å². The number of thiazole rings is 1. The molecule has 6 nitrogen and oxygen atoms in total. The third-order valence-corrected chi connectivity index (χ3v) is 5.33. The number of amides is 1. The first-order valence-electron chi connectivity index (χ1n) is 7.97. The second kappa shape index (κ2) is 8.22. The van der Waals surface area contributed by atoms with E-state index in [2.05, 4.69) is 10.3 Å². The number of ether oxygens (including phenoxy) is 1. The minimum atomic E-state index is -1.16. The summed E-state index contributed by atoms with van der Waals surface area (Å²) < 4.78 is 5.04. The molecule has 2 rings (SSSR count). The highest BCUT2D eigenvalue weighted by molar-refractivity contribution is 7.13. The summed E-state index contributed by atoms with van der Waals surface area (Å²) in [6.07, 6.45) is 0.364. The number of carbonyl (C=O) groups excluding carboxylic acids is 1. The van der Waals surface area contributed by atoms with Gasteiger partial charge in [-0.05, 0) is 18.9 Å². The molecule has 0 radical (unpaired) electrons. The zero-order valence-corrected chi connectivity index (χ0v) is 15.4. The standard InChI is InChI=1S/C18H22N2O4S/c1-4-18(17(22)23,13-8-6-5-7-9-13)11-19-16(21)15-12(2)20-14(25-15)10-24-3/h5-9H,4,10-11H2,1-3H3,(H,19,21)(H,22,23). The Kier molecular flexibility index (Phi) is 6.27. The number of rotatable bonds is 8. The summed E-state index contributed by atoms with van der Waals surface area (Å²) in [7, 11) is 1.57. The fraction of sp³-hybridized carbons (Fsp3) is 0.389. The molecule has 0 saturated heterocycles. The number of hydrogen-bond donors (Lipinski definition) is 2. The number of aliphatic carboxylic acids is 1. The maximum absolute atomic E-state index is 12.5. The first-order valence-corrected chi connectivity index (χ1v) is 8.78. The maximum atomic E-state index is 12.5. The minimum absolute atomic E-state index is 0.0125. The van der Waals surface area contributed by atoms with Gasteiger partial charge in [0, 0.05) is 13.7 Å². The third-order valence-electron chi connectivity index (χ3n) is 4.20. The number of nitrogens with one attached hydrogen (secondary N) is 1. The molecule has 1 amide bonds. The average molecular weight is 362 g/mol. The predicted octanol–water partition coefficient (Wildman–Crippen LogP) is 2.76. The van der Waals surface area contributed by atoms with Crippen LogP contribution in [0.25, 0.3) is 0 Å². The first-order chi connectivity index (χ1) is 11.9. The molecule has 1 unspecified atom stereocenters. The number of aryl methyl sites for hydroxylation is 1. The molecule has 0 aliphatic heterocycles. The molecule has 1 aromatic heterocycles. The molecule has 0 spiro atoms. The SMILES string of the molecule is CCC(CNC(=O)c1sc(COC)nc1C)(C(=O)O)c1ccccc1. The van der Waals surface area contributed by atoms with Crippen LogP contribution in [0.15, 0.2) is 30.3 Å². The van der Waals surface area contributed by atoms with Crippen molar-refractivity contribution in [1.82, 2.24) is 10.3 Å². The van der Waals surface area contributed by atoms with Gasteiger partial charge in [-0.25, -0.2) is 4.98 Å². The monoisotopic (exact) mass is 362 g/mol. The van der Waals surface area contributed by atoms with E-state index in [0.29, 0.717) is 34.2 Å². The van der Waals surface area contributed by atoms with Gasteiger partial charge in [0.1, 0.15) is 15.3 Å². The van der Waals surface area contributed by atoms with Crippen molar-refractivity contribution in [2.75, 3.05) is 13.7 Å². The highest BCUT2D eigenvalue weighted by Gasteiger charge is 2.39. The molecule has 25 heavy (non-hydrogen) atoms. The average Bonchev–Trinajstić information content (AvgIpc) is 2.97. The van der Waals surface area contributed by atoms with Crippen molar-refractivity contribution in [2.24, 2.45) is 0 Å². The van der Waals surface area contributed by atoms with Crippen LogP contribution < -0.4 is 5.32 Å². The second-order valence-corrected chi connectivity index (χ2v) is 6.83. The minimum Gasteiger partial charge on any atom is -0.481 e. The summed E-state index contributed by atoms with van der Waals surface area (Å²) in [4.78, 5) is 29.3. The Morgan fingerprint density at radius 2 is 2.00 bits per heavy atom. The van der Waals surface area contributed by atoms with Crippen molar-refractivity contribution >= 4 is 23.2 Å². The molecular weight excluding hydrogens is 340 g/mol. The van der Waals surface area contributed by atoms with Crippen LogP contribution in [-0.4, -0.2) is 35.6 Å². The second-order valence-electron chi connectivity index (χ2n) is 5.74. The number of hydrogen-bond acceptors (Lipinski definition) is 5. The van der Waals surface area contributed by atoms with Gasteiger partial charge in [-0.1, -0.05) is 37.3 Å². The Morgan fingerprint density at radius 3 is 2.56 bits per heavy atom. The summed E-state index contributed by atoms with van der Waals surface area (Å²) in [5.41, 5.74) is 0.128. The number of benzene rings is 1. The Balaban J connectivity index is 2.21. The molecule has 0 fully saturated rings. The molecular formula is C18H22N2O4S. The Hall–Kier alpha value is -2.25. The van der Waals surface area contributed by atoms with Gasteiger partial charge in [0.2, 0.25) is 0 Å². The van der Waals surface area contributed by atoms with Gasteiger partial charge >= 0.3 is 5.97 Å². The van der Waals surface area contributed by atoms with Crippen LogP contribution in [0.4, 0.5) is 0 Å². The van der Waals surface area contributed by atoms with Gasteiger partial charge in [-0.15, -0.1) is 11.3 Å². The lowest BCUT2D eigenvalue weighted by Crippen LogP contribution is -2.46. The molecule has 1 atom stereocenters. The molecule has 1 aromatic carbocycles. The van der Waals surface area contributed by atoms with E-state index in [1.165, 1.54) is 11.3 Å². The fourth-order valence-electron chi connectivity index (χ4n) is 2.70. The quantitative estimate of drug-likeness (QED) is 0.754. The van der Waals surface area contributed by atoms with E-state index < -0.39 is 11.4 Å². The van der Waals surface area contributed by atoms with Crippen molar-refractivity contribution in [1.29, 1.82) is 0 Å². The van der Waals surface area contributed by atoms with E-state index in [4.69, 9.17) is 4.74 Å². The van der Waals surface area contributed by atoms with Gasteiger partial charge < -0.3 is 15.2 Å². The fourth-order valence-corrected chi connectivity index (χ4v) is 3.65. The van der Waals surface area contributed by atoms with Crippen molar-refractivity contribution in [3.63, 3.8) is 0 Å². The topological polar surface area (TPSA) is 88.5 Å². The lowest BCUT2D eigenvalue weighted by Gasteiger charge is -2.29. The van der Waals surface area contributed by atoms with E-state index in [9.17, 15) is 14.7 Å². The van der Waals surface area contributed by atoms with Crippen LogP contribution in [-0.2, 0) is 21.6 Å². The zero-order chi connectivity index (χ0) is 18.4. The number of carboxylic acids is 1. The number of nitrogens with zero attached hydrogens (tertiary/aromatic N) is 1. The van der Waals surface area contributed by atoms with Crippen molar-refractivity contribution in [3.8, 4) is 0 Å². The van der Waals surface area contributed by atoms with Gasteiger partial charge in [0.25, 0.3) is 5.91 Å². The van der Waals surface area contributed by atoms with Gasteiger partial charge in [-0.3, -0.25) is 9.59 Å². The Morgan fingerprint density at radius 1 is 1.32 bits per heavy atom. The highest BCUT2D eigenvalue weighted by Crippen LogP contribution is 2.28. The van der Waals surface area contributed by atoms with Crippen LogP contribution in [0.1, 0.15) is 39.3 Å². The summed E-state index contributed by atoms with van der Waals surface area (Å²) in [5.74, 6) is -1.27. The zero-order valence-electron chi connectivity index (χ0n) is 14.5. The third kappa shape index (κ3) is 4.05. The smallest absolute Gasteiger partial charge is 0.315 e. The normalized spacial score (nSPS) is 13.2. The van der Waals surface area contributed by atoms with Crippen LogP contribution in [0.5, 0.6) is 0 Å². The summed E-state index contributed by atoms with van der Waals surface area (Å²) in [6, 6.07) is 8.99. The maximum Gasteiger partial charge on any atom is 0.315 e. The lowest BCUT2D eigenvalue weighted by atomic mass is 9.78. The Bertz CT molecular complexity index is 745. The number of carboxylic acid groups (broad SMARTS) is 1. The van der Waals surface area contributed by atoms with Gasteiger partial charge in [0.05, 0.1) is 12.3 Å². The van der Waals surface area contributed by atoms with E-state index >= 15 is 0 Å². The van der Waals surface area contributed by atoms with E-state index in [1.807, 2.05) is 13.0 Å². The van der Waals surface area contributed by atoms with Crippen molar-refractivity contribution in [2.45, 2.75) is 32.3 Å². The van der Waals surface area contributed by atoms with Crippen LogP contribution >= 0.6 is 11.3 Å². The van der Waals surface area contributed by atoms with Crippen LogP contribution in [0.2, 0.25) is 0 Å². The summed E-state index contributed by atoms with van der Waals surface area (Å²) in [5, 5.41) is 13.3. The van der Waals surface area contributed by atoms with E-state index in [1.54, 1.807) is 38.3 Å². The molecule has 1 heterocycles. The predicted molar refractivity (Wildman–Crippen MR) is 95.9 cm³/mol. The van der Waals surface area contributed by atoms with E-state index in [-0.39, 0.29) is 12.5 Å². The lowest BCUT2D eigenvalue weighted by molar-refractivity contribution is -0.143. The molecule has 134 valence electrons. The molecule has 0 aliphatic carbocycles. The van der Waals surface area contributed by atoms with Crippen molar-refractivity contribution < 1.29 is 19.4 Å². The van der Waals surface area contributed by atoms with E-state index in [0.717, 1.165) is 0 Å². The number of methoxy groups -OCH3 is 1. The van der Waals surface area contributed by atoms with Crippen LogP contribution in [0.3, 0.4) is 0 Å². The summed E-state index contributed by atoms with van der Waals surface area (Å²) >= 11 is 1.26. The van der Waals surface area contributed by atoms with Crippen molar-refractivity contribution in [3.05, 3.63) is 51.5 Å². The highest BCUT2D eigenvalue weighted by atomic mass is 32.1.